The molecule has 2 N–H and O–H groups in total. The van der Waals surface area contributed by atoms with Crippen molar-refractivity contribution in [1.82, 2.24) is 14.5 Å². The van der Waals surface area contributed by atoms with Gasteiger partial charge in [-0.1, -0.05) is 0 Å². The van der Waals surface area contributed by atoms with Crippen LogP contribution in [0.25, 0.3) is 0 Å². The van der Waals surface area contributed by atoms with Crippen molar-refractivity contribution >= 4 is 17.2 Å². The molecule has 12 heteroatoms. The number of piperazine rings is 1. The van der Waals surface area contributed by atoms with Gasteiger partial charge in [0.05, 0.1) is 52.9 Å². The van der Waals surface area contributed by atoms with E-state index in [-0.39, 0.29) is 12.5 Å². The van der Waals surface area contributed by atoms with E-state index in [2.05, 4.69) is 10.2 Å². The highest BCUT2D eigenvalue weighted by Gasteiger charge is 2.19. The zero-order valence-corrected chi connectivity index (χ0v) is 18.7. The Balaban J connectivity index is 1.74. The second-order valence-electron chi connectivity index (χ2n) is 6.44. The lowest BCUT2D eigenvalue weighted by molar-refractivity contribution is -0.125. The molecule has 178 valence electrons. The van der Waals surface area contributed by atoms with Crippen LogP contribution in [0.4, 0.5) is 0 Å². The van der Waals surface area contributed by atoms with Crippen LogP contribution < -0.4 is 5.32 Å². The number of carbonyl (C=O) groups is 1. The van der Waals surface area contributed by atoms with Gasteiger partial charge in [-0.25, -0.2) is 4.21 Å². The number of nitrogens with one attached hydrogen (secondary N) is 1. The predicted octanol–water partition coefficient (Wildman–Crippen LogP) is -1.04. The molecule has 0 aromatic rings. The van der Waals surface area contributed by atoms with Crippen molar-refractivity contribution in [2.24, 2.45) is 0 Å². The van der Waals surface area contributed by atoms with Crippen LogP contribution >= 0.6 is 0 Å². The van der Waals surface area contributed by atoms with Gasteiger partial charge in [0.15, 0.2) is 0 Å². The minimum atomic E-state index is -1.86. The quantitative estimate of drug-likeness (QED) is 0.186. The Morgan fingerprint density at radius 3 is 1.93 bits per heavy atom. The summed E-state index contributed by atoms with van der Waals surface area (Å²) in [5.74, 6) is -0.141. The Labute approximate surface area is 181 Å². The fourth-order valence-electron chi connectivity index (χ4n) is 2.57. The minimum Gasteiger partial charge on any atom is -0.378 e. The maximum absolute atomic E-state index is 11.3. The van der Waals surface area contributed by atoms with Crippen LogP contribution in [0, 0.1) is 0 Å². The average Bonchev–Trinajstić information content (AvgIpc) is 2.75. The van der Waals surface area contributed by atoms with Crippen molar-refractivity contribution in [2.75, 3.05) is 105 Å². The molecule has 1 aliphatic heterocycles. The first-order valence-electron chi connectivity index (χ1n) is 10.4. The molecule has 1 rings (SSSR count). The van der Waals surface area contributed by atoms with Gasteiger partial charge in [0.2, 0.25) is 17.2 Å². The Bertz CT molecular complexity index is 453. The van der Waals surface area contributed by atoms with E-state index in [0.717, 1.165) is 19.6 Å². The van der Waals surface area contributed by atoms with Gasteiger partial charge in [-0.2, -0.15) is 4.31 Å². The molecular weight excluding hydrogens is 418 g/mol. The molecule has 1 heterocycles. The molecule has 30 heavy (non-hydrogen) atoms. The predicted molar refractivity (Wildman–Crippen MR) is 112 cm³/mol. The standard InChI is InChI=1S/C18H37N3O8S/c1-2-25-17-18(22)19-3-9-26-11-13-28-15-16-29-14-12-27-10-8-20-4-6-21(7-5-20)30(23)24/h2-17H2,1H3,(H,19,22)(H,23,24). The molecule has 0 aromatic heterocycles. The summed E-state index contributed by atoms with van der Waals surface area (Å²) in [6.07, 6.45) is 0. The number of carbonyl (C=O) groups excluding carboxylic acids is 1. The molecule has 1 unspecified atom stereocenters. The lowest BCUT2D eigenvalue weighted by Crippen LogP contribution is -2.47. The monoisotopic (exact) mass is 455 g/mol. The molecule has 1 amide bonds. The summed E-state index contributed by atoms with van der Waals surface area (Å²) in [4.78, 5) is 13.5. The first-order chi connectivity index (χ1) is 14.6. The molecule has 0 spiro atoms. The topological polar surface area (TPSA) is 119 Å². The maximum atomic E-state index is 11.3. The first kappa shape index (κ1) is 27.3. The number of nitrogens with zero attached hydrogens (tertiary/aromatic N) is 2. The van der Waals surface area contributed by atoms with Gasteiger partial charge in [0, 0.05) is 45.9 Å². The highest BCUT2D eigenvalue weighted by Crippen LogP contribution is 2.02. The van der Waals surface area contributed by atoms with Crippen molar-refractivity contribution in [2.45, 2.75) is 6.92 Å². The first-order valence-corrected chi connectivity index (χ1v) is 11.4. The van der Waals surface area contributed by atoms with Crippen LogP contribution in [0.15, 0.2) is 0 Å². The van der Waals surface area contributed by atoms with Gasteiger partial charge in [0.25, 0.3) is 0 Å². The van der Waals surface area contributed by atoms with Crippen LogP contribution in [0.3, 0.4) is 0 Å². The number of hydrogen-bond donors (Lipinski definition) is 2. The SMILES string of the molecule is CCOCC(=O)NCCOCCOCCOCCOCCN1CCN(S(=O)O)CC1. The number of amides is 1. The summed E-state index contributed by atoms with van der Waals surface area (Å²) >= 11 is -1.86. The highest BCUT2D eigenvalue weighted by atomic mass is 32.2. The van der Waals surface area contributed by atoms with Crippen molar-refractivity contribution in [1.29, 1.82) is 0 Å². The minimum absolute atomic E-state index is 0.0808. The van der Waals surface area contributed by atoms with Crippen LogP contribution in [-0.2, 0) is 39.7 Å². The summed E-state index contributed by atoms with van der Waals surface area (Å²) < 4.78 is 48.2. The van der Waals surface area contributed by atoms with Gasteiger partial charge in [-0.3, -0.25) is 14.2 Å². The van der Waals surface area contributed by atoms with Gasteiger partial charge in [-0.05, 0) is 6.92 Å². The van der Waals surface area contributed by atoms with E-state index >= 15 is 0 Å². The number of ether oxygens (including phenoxy) is 5. The van der Waals surface area contributed by atoms with Gasteiger partial charge in [0.1, 0.15) is 6.61 Å². The summed E-state index contributed by atoms with van der Waals surface area (Å²) in [5, 5.41) is 2.70. The smallest absolute Gasteiger partial charge is 0.246 e. The van der Waals surface area contributed by atoms with Crippen LogP contribution in [0.1, 0.15) is 6.92 Å². The average molecular weight is 456 g/mol. The lowest BCUT2D eigenvalue weighted by Gasteiger charge is -2.31. The molecule has 0 saturated carbocycles. The fraction of sp³-hybridized carbons (Fsp3) is 0.944. The van der Waals surface area contributed by atoms with Crippen molar-refractivity contribution in [3.63, 3.8) is 0 Å². The van der Waals surface area contributed by atoms with E-state index in [4.69, 9.17) is 28.2 Å². The molecule has 0 aromatic carbocycles. The van der Waals surface area contributed by atoms with E-state index in [1.807, 2.05) is 6.92 Å². The fourth-order valence-corrected chi connectivity index (χ4v) is 3.05. The second kappa shape index (κ2) is 19.0. The molecule has 0 aliphatic carbocycles. The van der Waals surface area contributed by atoms with Crippen LogP contribution in [-0.4, -0.2) is 129 Å². The Hall–Kier alpha value is -0.700. The summed E-state index contributed by atoms with van der Waals surface area (Å²) in [5.41, 5.74) is 0. The molecular formula is C18H37N3O8S. The van der Waals surface area contributed by atoms with Crippen LogP contribution in [0.2, 0.25) is 0 Å². The Morgan fingerprint density at radius 1 is 0.867 bits per heavy atom. The molecule has 1 aliphatic rings. The van der Waals surface area contributed by atoms with Gasteiger partial charge >= 0.3 is 0 Å². The van der Waals surface area contributed by atoms with E-state index < -0.39 is 11.3 Å². The summed E-state index contributed by atoms with van der Waals surface area (Å²) in [7, 11) is 0. The van der Waals surface area contributed by atoms with Crippen LogP contribution in [0.5, 0.6) is 0 Å². The van der Waals surface area contributed by atoms with Crippen molar-refractivity contribution in [3.8, 4) is 0 Å². The zero-order chi connectivity index (χ0) is 21.9. The normalized spacial score (nSPS) is 16.6. The van der Waals surface area contributed by atoms with E-state index in [1.165, 1.54) is 0 Å². The number of hydrogen-bond acceptors (Lipinski definition) is 8. The third-order valence-electron chi connectivity index (χ3n) is 4.23. The molecule has 0 radical (unpaired) electrons. The van der Waals surface area contributed by atoms with E-state index in [9.17, 15) is 9.00 Å². The highest BCUT2D eigenvalue weighted by molar-refractivity contribution is 7.76. The third-order valence-corrected chi connectivity index (χ3v) is 5.03. The maximum Gasteiger partial charge on any atom is 0.246 e. The van der Waals surface area contributed by atoms with E-state index in [0.29, 0.717) is 79.1 Å². The number of rotatable bonds is 19. The Kier molecular flexibility index (Phi) is 17.3. The molecule has 0 bridgehead atoms. The zero-order valence-electron chi connectivity index (χ0n) is 17.9. The van der Waals surface area contributed by atoms with Crippen molar-refractivity contribution in [3.05, 3.63) is 0 Å². The summed E-state index contributed by atoms with van der Waals surface area (Å²) in [6, 6.07) is 0. The van der Waals surface area contributed by atoms with E-state index in [1.54, 1.807) is 4.31 Å². The molecule has 11 nitrogen and oxygen atoms in total. The largest absolute Gasteiger partial charge is 0.378 e. The lowest BCUT2D eigenvalue weighted by atomic mass is 10.3. The second-order valence-corrected chi connectivity index (χ2v) is 7.42. The molecule has 1 atom stereocenters. The Morgan fingerprint density at radius 2 is 1.40 bits per heavy atom. The van der Waals surface area contributed by atoms with Gasteiger partial charge in [-0.15, -0.1) is 0 Å². The molecule has 1 saturated heterocycles. The van der Waals surface area contributed by atoms with Gasteiger partial charge < -0.3 is 29.0 Å². The summed E-state index contributed by atoms with van der Waals surface area (Å²) in [6.45, 7) is 10.5. The molecule has 1 fully saturated rings. The van der Waals surface area contributed by atoms with Crippen molar-refractivity contribution < 1.29 is 37.2 Å². The third kappa shape index (κ3) is 15.2.